The van der Waals surface area contributed by atoms with Crippen LogP contribution in [0.4, 0.5) is 4.39 Å². The number of primary amides is 1. The molecule has 1 aromatic carbocycles. The molecule has 0 bridgehead atoms. The molecule has 68 valence electrons. The first-order chi connectivity index (χ1) is 6.02. The summed E-state index contributed by atoms with van der Waals surface area (Å²) in [6, 6.07) is 3.17. The largest absolute Gasteiger partial charge is 0.488 e. The molecule has 1 aromatic rings. The van der Waals surface area contributed by atoms with Gasteiger partial charge in [0, 0.05) is 0 Å². The zero-order valence-corrected chi connectivity index (χ0v) is 6.57. The van der Waals surface area contributed by atoms with Crippen molar-refractivity contribution < 1.29 is 19.2 Å². The van der Waals surface area contributed by atoms with Gasteiger partial charge in [0.05, 0.1) is 5.56 Å². The molecule has 0 aliphatic carbocycles. The van der Waals surface area contributed by atoms with Crippen molar-refractivity contribution in [2.75, 3.05) is 0 Å². The summed E-state index contributed by atoms with van der Waals surface area (Å²) in [7, 11) is -1.75. The zero-order chi connectivity index (χ0) is 10.0. The van der Waals surface area contributed by atoms with Gasteiger partial charge in [0.2, 0.25) is 0 Å². The maximum atomic E-state index is 12.9. The molecule has 0 saturated heterocycles. The minimum atomic E-state index is -1.75. The monoisotopic (exact) mass is 183 g/mol. The lowest BCUT2D eigenvalue weighted by Crippen LogP contribution is -2.30. The van der Waals surface area contributed by atoms with Gasteiger partial charge in [-0.3, -0.25) is 4.79 Å². The van der Waals surface area contributed by atoms with Crippen molar-refractivity contribution >= 4 is 18.5 Å². The lowest BCUT2D eigenvalue weighted by atomic mass is 9.80. The van der Waals surface area contributed by atoms with Crippen LogP contribution in [0.3, 0.4) is 0 Å². The number of hydrogen-bond acceptors (Lipinski definition) is 3. The normalized spacial score (nSPS) is 9.77. The van der Waals surface area contributed by atoms with E-state index in [1.165, 1.54) is 6.07 Å². The molecular formula is C7H7BFNO3. The summed E-state index contributed by atoms with van der Waals surface area (Å²) in [5, 5.41) is 17.3. The topological polar surface area (TPSA) is 83.6 Å². The predicted octanol–water partition coefficient (Wildman–Crippen LogP) is -1.40. The summed E-state index contributed by atoms with van der Waals surface area (Å²) in [6.45, 7) is 0. The van der Waals surface area contributed by atoms with Gasteiger partial charge in [0.1, 0.15) is 5.82 Å². The summed E-state index contributed by atoms with van der Waals surface area (Å²) in [5.74, 6) is -1.76. The highest BCUT2D eigenvalue weighted by Crippen LogP contribution is 2.03. The van der Waals surface area contributed by atoms with Gasteiger partial charge in [-0.15, -0.1) is 0 Å². The fourth-order valence-electron chi connectivity index (χ4n) is 0.892. The molecule has 0 atom stereocenters. The number of carbonyl (C=O) groups is 1. The molecule has 4 nitrogen and oxygen atoms in total. The summed E-state index contributed by atoms with van der Waals surface area (Å²) >= 11 is 0. The summed E-state index contributed by atoms with van der Waals surface area (Å²) in [6.07, 6.45) is 0. The van der Waals surface area contributed by atoms with E-state index in [0.717, 1.165) is 12.1 Å². The van der Waals surface area contributed by atoms with Crippen LogP contribution in [0.15, 0.2) is 18.2 Å². The summed E-state index contributed by atoms with van der Waals surface area (Å²) < 4.78 is 12.9. The van der Waals surface area contributed by atoms with Crippen molar-refractivity contribution in [3.63, 3.8) is 0 Å². The van der Waals surface area contributed by atoms with Crippen molar-refractivity contribution in [1.82, 2.24) is 0 Å². The van der Waals surface area contributed by atoms with Crippen LogP contribution in [0, 0.1) is 5.82 Å². The number of nitrogens with two attached hydrogens (primary N) is 1. The van der Waals surface area contributed by atoms with E-state index in [1.807, 2.05) is 0 Å². The third kappa shape index (κ3) is 2.04. The summed E-state index contributed by atoms with van der Waals surface area (Å²) in [4.78, 5) is 10.6. The Kier molecular flexibility index (Phi) is 2.65. The van der Waals surface area contributed by atoms with E-state index in [2.05, 4.69) is 0 Å². The van der Waals surface area contributed by atoms with Crippen molar-refractivity contribution in [3.05, 3.63) is 29.6 Å². The maximum Gasteiger partial charge on any atom is 0.488 e. The van der Waals surface area contributed by atoms with Crippen LogP contribution in [0.25, 0.3) is 0 Å². The Hall–Kier alpha value is -1.40. The first-order valence-corrected chi connectivity index (χ1v) is 3.47. The Morgan fingerprint density at radius 1 is 1.46 bits per heavy atom. The maximum absolute atomic E-state index is 12.9. The van der Waals surface area contributed by atoms with E-state index >= 15 is 0 Å². The molecule has 0 unspecified atom stereocenters. The first-order valence-electron chi connectivity index (χ1n) is 3.47. The van der Waals surface area contributed by atoms with Crippen LogP contribution in [0.1, 0.15) is 10.4 Å². The molecule has 6 heteroatoms. The lowest BCUT2D eigenvalue weighted by molar-refractivity contribution is 0.0996. The van der Waals surface area contributed by atoms with Crippen molar-refractivity contribution in [2.24, 2.45) is 5.73 Å². The van der Waals surface area contributed by atoms with Crippen molar-refractivity contribution in [3.8, 4) is 0 Å². The second-order valence-electron chi connectivity index (χ2n) is 2.48. The SMILES string of the molecule is NC(=O)c1ccc(B(O)O)cc1F. The zero-order valence-electron chi connectivity index (χ0n) is 6.57. The minimum absolute atomic E-state index is 0.0255. The van der Waals surface area contributed by atoms with E-state index in [0.29, 0.717) is 0 Å². The molecule has 0 spiro atoms. The fraction of sp³-hybridized carbons (Fsp3) is 0. The molecule has 0 heterocycles. The Bertz CT molecular complexity index is 343. The molecule has 0 aromatic heterocycles. The molecular weight excluding hydrogens is 176 g/mol. The molecule has 13 heavy (non-hydrogen) atoms. The van der Waals surface area contributed by atoms with Crippen molar-refractivity contribution in [1.29, 1.82) is 0 Å². The minimum Gasteiger partial charge on any atom is -0.423 e. The number of carbonyl (C=O) groups excluding carboxylic acids is 1. The Morgan fingerprint density at radius 3 is 2.46 bits per heavy atom. The Morgan fingerprint density at radius 2 is 2.08 bits per heavy atom. The molecule has 0 aliphatic heterocycles. The van der Waals surface area contributed by atoms with E-state index < -0.39 is 18.8 Å². The van der Waals surface area contributed by atoms with Crippen molar-refractivity contribution in [2.45, 2.75) is 0 Å². The molecule has 1 amide bonds. The van der Waals surface area contributed by atoms with Crippen LogP contribution in [-0.4, -0.2) is 23.1 Å². The standard InChI is InChI=1S/C7H7BFNO3/c9-6-3-4(8(12)13)1-2-5(6)7(10)11/h1-3,12-13H,(H2,10,11). The van der Waals surface area contributed by atoms with Gasteiger partial charge in [-0.25, -0.2) is 4.39 Å². The Balaban J connectivity index is 3.13. The molecule has 0 saturated carbocycles. The number of amides is 1. The summed E-state index contributed by atoms with van der Waals surface area (Å²) in [5.41, 5.74) is 4.54. The van der Waals surface area contributed by atoms with Crippen LogP contribution in [0.2, 0.25) is 0 Å². The molecule has 0 fully saturated rings. The smallest absolute Gasteiger partial charge is 0.423 e. The second-order valence-corrected chi connectivity index (χ2v) is 2.48. The molecule has 4 N–H and O–H groups in total. The average molecular weight is 183 g/mol. The van der Waals surface area contributed by atoms with E-state index in [4.69, 9.17) is 15.8 Å². The predicted molar refractivity (Wildman–Crippen MR) is 44.7 cm³/mol. The van der Waals surface area contributed by atoms with Gasteiger partial charge in [-0.1, -0.05) is 6.07 Å². The third-order valence-electron chi connectivity index (χ3n) is 1.56. The average Bonchev–Trinajstić information content (AvgIpc) is 2.03. The number of rotatable bonds is 2. The number of benzene rings is 1. The quantitative estimate of drug-likeness (QED) is 0.493. The van der Waals surface area contributed by atoms with Gasteiger partial charge in [-0.05, 0) is 17.6 Å². The van der Waals surface area contributed by atoms with E-state index in [1.54, 1.807) is 0 Å². The molecule has 0 radical (unpaired) electrons. The fourth-order valence-corrected chi connectivity index (χ4v) is 0.892. The van der Waals surface area contributed by atoms with E-state index in [-0.39, 0.29) is 11.0 Å². The molecule has 0 aliphatic rings. The third-order valence-corrected chi connectivity index (χ3v) is 1.56. The Labute approximate surface area is 73.9 Å². The van der Waals surface area contributed by atoms with Gasteiger partial charge >= 0.3 is 7.12 Å². The van der Waals surface area contributed by atoms with Gasteiger partial charge in [-0.2, -0.15) is 0 Å². The van der Waals surface area contributed by atoms with Gasteiger partial charge in [0.15, 0.2) is 0 Å². The van der Waals surface area contributed by atoms with Crippen LogP contribution in [-0.2, 0) is 0 Å². The first kappa shape index (κ1) is 9.69. The van der Waals surface area contributed by atoms with Crippen LogP contribution < -0.4 is 11.2 Å². The number of halogens is 1. The van der Waals surface area contributed by atoms with Crippen LogP contribution in [0.5, 0.6) is 0 Å². The lowest BCUT2D eigenvalue weighted by Gasteiger charge is -2.01. The highest BCUT2D eigenvalue weighted by Gasteiger charge is 2.15. The van der Waals surface area contributed by atoms with E-state index in [9.17, 15) is 9.18 Å². The highest BCUT2D eigenvalue weighted by molar-refractivity contribution is 6.58. The van der Waals surface area contributed by atoms with Crippen LogP contribution >= 0.6 is 0 Å². The highest BCUT2D eigenvalue weighted by atomic mass is 19.1. The number of hydrogen-bond donors (Lipinski definition) is 3. The van der Waals surface area contributed by atoms with Gasteiger partial charge in [0.25, 0.3) is 5.91 Å². The van der Waals surface area contributed by atoms with Gasteiger partial charge < -0.3 is 15.8 Å². The molecule has 1 rings (SSSR count). The second kappa shape index (κ2) is 3.55.